The van der Waals surface area contributed by atoms with E-state index in [9.17, 15) is 9.59 Å². The molecule has 0 bridgehead atoms. The second kappa shape index (κ2) is 13.2. The van der Waals surface area contributed by atoms with Crippen LogP contribution in [0.4, 0.5) is 0 Å². The Morgan fingerprint density at radius 3 is 2.08 bits per heavy atom. The molecular weight excluding hydrogens is 308 g/mol. The van der Waals surface area contributed by atoms with Crippen LogP contribution in [0.25, 0.3) is 0 Å². The third kappa shape index (κ3) is 9.23. The van der Waals surface area contributed by atoms with Crippen LogP contribution in [-0.2, 0) is 19.1 Å². The number of unbranched alkanes of at least 4 members (excludes halogenated alkanes) is 1. The van der Waals surface area contributed by atoms with Gasteiger partial charge in [-0.2, -0.15) is 0 Å². The summed E-state index contributed by atoms with van der Waals surface area (Å²) in [5.41, 5.74) is 0. The number of hydrogen-bond acceptors (Lipinski definition) is 4. The summed E-state index contributed by atoms with van der Waals surface area (Å²) in [7, 11) is 3.13. The minimum Gasteiger partial charge on any atom is -0.354 e. The first kappa shape index (κ1) is 22.9. The highest BCUT2D eigenvalue weighted by Gasteiger charge is 2.27. The molecule has 0 saturated heterocycles. The first-order chi connectivity index (χ1) is 11.4. The summed E-state index contributed by atoms with van der Waals surface area (Å²) >= 11 is 0. The summed E-state index contributed by atoms with van der Waals surface area (Å²) < 4.78 is 10.6. The van der Waals surface area contributed by atoms with Crippen molar-refractivity contribution in [1.82, 2.24) is 10.6 Å². The molecule has 0 aromatic rings. The highest BCUT2D eigenvalue weighted by molar-refractivity contribution is 5.87. The van der Waals surface area contributed by atoms with Crippen LogP contribution in [0.3, 0.4) is 0 Å². The van der Waals surface area contributed by atoms with E-state index in [0.29, 0.717) is 18.8 Å². The van der Waals surface area contributed by atoms with Gasteiger partial charge in [-0.1, -0.05) is 40.5 Å². The highest BCUT2D eigenvalue weighted by atomic mass is 16.7. The van der Waals surface area contributed by atoms with Gasteiger partial charge in [0, 0.05) is 20.6 Å². The Morgan fingerprint density at radius 1 is 1.00 bits per heavy atom. The number of hydrogen-bond donors (Lipinski definition) is 2. The quantitative estimate of drug-likeness (QED) is 0.504. The molecule has 0 aliphatic heterocycles. The molecule has 0 radical (unpaired) electrons. The van der Waals surface area contributed by atoms with Gasteiger partial charge in [0.15, 0.2) is 6.29 Å². The van der Waals surface area contributed by atoms with E-state index in [1.165, 1.54) is 0 Å². The standard InChI is InChI=1S/C18H36N2O4/c1-7-9-11-14(18(23-5)24-6)20-17(22)15(12-13(3)4)19-16(21)10-8-2/h13-15,18H,7-12H2,1-6H3,(H,19,21)(H,20,22)/t14?,15-/m0/s1. The van der Waals surface area contributed by atoms with Crippen molar-refractivity contribution in [2.24, 2.45) is 5.92 Å². The largest absolute Gasteiger partial charge is 0.354 e. The number of methoxy groups -OCH3 is 2. The maximum Gasteiger partial charge on any atom is 0.242 e. The van der Waals surface area contributed by atoms with Gasteiger partial charge in [-0.3, -0.25) is 9.59 Å². The van der Waals surface area contributed by atoms with Crippen molar-refractivity contribution in [2.75, 3.05) is 14.2 Å². The summed E-state index contributed by atoms with van der Waals surface area (Å²) in [6.07, 6.45) is 4.06. The molecular formula is C18H36N2O4. The topological polar surface area (TPSA) is 76.7 Å². The van der Waals surface area contributed by atoms with Gasteiger partial charge in [0.05, 0.1) is 6.04 Å². The molecule has 0 heterocycles. The number of rotatable bonds is 13. The summed E-state index contributed by atoms with van der Waals surface area (Å²) in [5.74, 6) is 0.0456. The van der Waals surface area contributed by atoms with Crippen LogP contribution in [0.5, 0.6) is 0 Å². The Morgan fingerprint density at radius 2 is 1.62 bits per heavy atom. The fraction of sp³-hybridized carbons (Fsp3) is 0.889. The first-order valence-electron chi connectivity index (χ1n) is 9.04. The van der Waals surface area contributed by atoms with Gasteiger partial charge in [0.1, 0.15) is 6.04 Å². The van der Waals surface area contributed by atoms with Gasteiger partial charge < -0.3 is 20.1 Å². The van der Waals surface area contributed by atoms with Crippen LogP contribution in [-0.4, -0.2) is 44.4 Å². The normalized spacial score (nSPS) is 13.8. The van der Waals surface area contributed by atoms with Gasteiger partial charge in [-0.05, 0) is 25.2 Å². The Labute approximate surface area is 147 Å². The van der Waals surface area contributed by atoms with E-state index in [1.807, 2.05) is 20.8 Å². The Hall–Kier alpha value is -1.14. The van der Waals surface area contributed by atoms with Crippen LogP contribution < -0.4 is 10.6 Å². The zero-order valence-corrected chi connectivity index (χ0v) is 16.2. The van der Waals surface area contributed by atoms with Crippen molar-refractivity contribution >= 4 is 11.8 Å². The zero-order chi connectivity index (χ0) is 18.5. The molecule has 24 heavy (non-hydrogen) atoms. The van der Waals surface area contributed by atoms with Gasteiger partial charge >= 0.3 is 0 Å². The van der Waals surface area contributed by atoms with E-state index in [1.54, 1.807) is 14.2 Å². The average molecular weight is 344 g/mol. The molecule has 2 amide bonds. The van der Waals surface area contributed by atoms with Gasteiger partial charge in [-0.25, -0.2) is 0 Å². The SMILES string of the molecule is CCCCC(NC(=O)[C@H](CC(C)C)NC(=O)CCC)C(OC)OC. The van der Waals surface area contributed by atoms with Gasteiger partial charge in [-0.15, -0.1) is 0 Å². The number of carbonyl (C=O) groups excluding carboxylic acids is 2. The summed E-state index contributed by atoms with van der Waals surface area (Å²) in [6, 6.07) is -0.757. The lowest BCUT2D eigenvalue weighted by Crippen LogP contribution is -2.53. The molecule has 0 aromatic carbocycles. The monoisotopic (exact) mass is 344 g/mol. The van der Waals surface area contributed by atoms with E-state index in [4.69, 9.17) is 9.47 Å². The zero-order valence-electron chi connectivity index (χ0n) is 16.2. The lowest BCUT2D eigenvalue weighted by atomic mass is 10.0. The van der Waals surface area contributed by atoms with Crippen LogP contribution in [0.1, 0.15) is 66.2 Å². The summed E-state index contributed by atoms with van der Waals surface area (Å²) in [5, 5.41) is 5.86. The third-order valence-electron chi connectivity index (χ3n) is 3.83. The van der Waals surface area contributed by atoms with Crippen molar-refractivity contribution in [1.29, 1.82) is 0 Å². The predicted molar refractivity (Wildman–Crippen MR) is 95.6 cm³/mol. The Balaban J connectivity index is 4.96. The molecule has 0 aliphatic carbocycles. The molecule has 0 aliphatic rings. The predicted octanol–water partition coefficient (Wildman–Crippen LogP) is 2.61. The maximum atomic E-state index is 12.7. The fourth-order valence-corrected chi connectivity index (χ4v) is 2.60. The number of nitrogens with one attached hydrogen (secondary N) is 2. The van der Waals surface area contributed by atoms with Crippen LogP contribution in [0.2, 0.25) is 0 Å². The van der Waals surface area contributed by atoms with Crippen molar-refractivity contribution in [3.63, 3.8) is 0 Å². The molecule has 0 saturated carbocycles. The second-order valence-corrected chi connectivity index (χ2v) is 6.60. The molecule has 0 spiro atoms. The van der Waals surface area contributed by atoms with Crippen molar-refractivity contribution in [3.05, 3.63) is 0 Å². The molecule has 2 atom stereocenters. The lowest BCUT2D eigenvalue weighted by molar-refractivity contribution is -0.141. The maximum absolute atomic E-state index is 12.7. The smallest absolute Gasteiger partial charge is 0.242 e. The number of carbonyl (C=O) groups is 2. The molecule has 0 fully saturated rings. The molecule has 6 heteroatoms. The van der Waals surface area contributed by atoms with Crippen molar-refractivity contribution in [3.8, 4) is 0 Å². The molecule has 0 rings (SSSR count). The third-order valence-corrected chi connectivity index (χ3v) is 3.83. The minimum atomic E-state index is -0.525. The lowest BCUT2D eigenvalue weighted by Gasteiger charge is -2.28. The number of ether oxygens (including phenoxy) is 2. The Kier molecular flexibility index (Phi) is 12.6. The highest BCUT2D eigenvalue weighted by Crippen LogP contribution is 2.11. The number of amides is 2. The van der Waals surface area contributed by atoms with E-state index in [2.05, 4.69) is 17.6 Å². The average Bonchev–Trinajstić information content (AvgIpc) is 2.52. The molecule has 6 nitrogen and oxygen atoms in total. The van der Waals surface area contributed by atoms with Crippen LogP contribution in [0, 0.1) is 5.92 Å². The van der Waals surface area contributed by atoms with E-state index in [-0.39, 0.29) is 17.9 Å². The van der Waals surface area contributed by atoms with E-state index < -0.39 is 12.3 Å². The van der Waals surface area contributed by atoms with Gasteiger partial charge in [0.2, 0.25) is 11.8 Å². The molecule has 0 aromatic heterocycles. The van der Waals surface area contributed by atoms with Gasteiger partial charge in [0.25, 0.3) is 0 Å². The molecule has 1 unspecified atom stereocenters. The van der Waals surface area contributed by atoms with Crippen molar-refractivity contribution in [2.45, 2.75) is 84.6 Å². The summed E-state index contributed by atoms with van der Waals surface area (Å²) in [6.45, 7) is 8.11. The summed E-state index contributed by atoms with van der Waals surface area (Å²) in [4.78, 5) is 24.6. The Bertz CT molecular complexity index is 357. The molecule has 142 valence electrons. The van der Waals surface area contributed by atoms with Crippen LogP contribution in [0.15, 0.2) is 0 Å². The fourth-order valence-electron chi connectivity index (χ4n) is 2.60. The van der Waals surface area contributed by atoms with Crippen LogP contribution >= 0.6 is 0 Å². The minimum absolute atomic E-state index is 0.0848. The molecule has 2 N–H and O–H groups in total. The van der Waals surface area contributed by atoms with E-state index in [0.717, 1.165) is 25.7 Å². The van der Waals surface area contributed by atoms with E-state index >= 15 is 0 Å². The first-order valence-corrected chi connectivity index (χ1v) is 9.04. The second-order valence-electron chi connectivity index (χ2n) is 6.60. The van der Waals surface area contributed by atoms with Crippen molar-refractivity contribution < 1.29 is 19.1 Å².